The van der Waals surface area contributed by atoms with Gasteiger partial charge < -0.3 is 4.74 Å². The summed E-state index contributed by atoms with van der Waals surface area (Å²) in [5.41, 5.74) is 2.58. The van der Waals surface area contributed by atoms with Crippen molar-refractivity contribution in [3.8, 4) is 0 Å². The maximum absolute atomic E-state index is 12.4. The first-order chi connectivity index (χ1) is 10.3. The number of halogens is 1. The molecule has 0 bridgehead atoms. The van der Waals surface area contributed by atoms with E-state index in [9.17, 15) is 4.79 Å². The Hall–Kier alpha value is -1.36. The summed E-state index contributed by atoms with van der Waals surface area (Å²) in [6.07, 6.45) is 2.42. The second kappa shape index (κ2) is 5.37. The molecule has 4 nitrogen and oxygen atoms in total. The lowest BCUT2D eigenvalue weighted by Gasteiger charge is -2.22. The predicted octanol–water partition coefficient (Wildman–Crippen LogP) is 4.23. The third kappa shape index (κ3) is 2.91. The first-order valence-corrected chi connectivity index (χ1v) is 8.52. The maximum Gasteiger partial charge on any atom is 0.324 e. The number of fused-ring (bicyclic) bond motifs is 1. The van der Waals surface area contributed by atoms with Gasteiger partial charge in [-0.1, -0.05) is 34.1 Å². The number of nitrogens with zero attached hydrogens (tertiary/aromatic N) is 2. The van der Waals surface area contributed by atoms with Gasteiger partial charge >= 0.3 is 5.97 Å². The van der Waals surface area contributed by atoms with Gasteiger partial charge in [0.2, 0.25) is 0 Å². The number of aromatic nitrogens is 2. The molecule has 1 aliphatic carbocycles. The maximum atomic E-state index is 12.4. The number of para-hydroxylation sites is 1. The molecule has 1 saturated carbocycles. The van der Waals surface area contributed by atoms with Crippen molar-refractivity contribution in [2.45, 2.75) is 50.0 Å². The van der Waals surface area contributed by atoms with Gasteiger partial charge in [0, 0.05) is 23.9 Å². The summed E-state index contributed by atoms with van der Waals surface area (Å²) in [7, 11) is 1.94. The number of benzene rings is 1. The van der Waals surface area contributed by atoms with E-state index in [-0.39, 0.29) is 5.97 Å². The molecule has 3 rings (SSSR count). The lowest BCUT2D eigenvalue weighted by Crippen LogP contribution is -2.26. The molecule has 0 saturated heterocycles. The Bertz CT molecular complexity index is 726. The van der Waals surface area contributed by atoms with Crippen LogP contribution in [0.5, 0.6) is 0 Å². The van der Waals surface area contributed by atoms with Crippen molar-refractivity contribution >= 4 is 32.8 Å². The Balaban J connectivity index is 2.02. The highest BCUT2D eigenvalue weighted by molar-refractivity contribution is 9.09. The molecule has 0 spiro atoms. The first-order valence-electron chi connectivity index (χ1n) is 7.60. The van der Waals surface area contributed by atoms with E-state index in [1.54, 1.807) is 0 Å². The van der Waals surface area contributed by atoms with E-state index >= 15 is 0 Å². The van der Waals surface area contributed by atoms with Crippen molar-refractivity contribution in [2.24, 2.45) is 7.05 Å². The van der Waals surface area contributed by atoms with Gasteiger partial charge in [0.1, 0.15) is 10.4 Å². The zero-order chi connectivity index (χ0) is 16.1. The number of alkyl halides is 1. The van der Waals surface area contributed by atoms with Crippen LogP contribution in [0.3, 0.4) is 0 Å². The van der Waals surface area contributed by atoms with E-state index < -0.39 is 10.4 Å². The third-order valence-electron chi connectivity index (χ3n) is 3.78. The second-order valence-corrected chi connectivity index (χ2v) is 7.84. The van der Waals surface area contributed by atoms with Crippen LogP contribution in [0.15, 0.2) is 18.2 Å². The predicted molar refractivity (Wildman–Crippen MR) is 90.2 cm³/mol. The standard InChI is InChI=1S/C17H21BrN2O2/c1-17(2,3)22-16(21)13(18)11-6-5-7-12-14(10-8-9-10)19-20(4)15(11)12/h5-7,10,13H,8-9H2,1-4H3. The number of aryl methyl sites for hydroxylation is 1. The normalized spacial score (nSPS) is 16.8. The molecule has 0 N–H and O–H groups in total. The second-order valence-electron chi connectivity index (χ2n) is 6.92. The minimum Gasteiger partial charge on any atom is -0.459 e. The van der Waals surface area contributed by atoms with Crippen molar-refractivity contribution in [3.05, 3.63) is 29.5 Å². The number of hydrogen-bond acceptors (Lipinski definition) is 3. The fourth-order valence-corrected chi connectivity index (χ4v) is 3.20. The molecule has 22 heavy (non-hydrogen) atoms. The molecular formula is C17H21BrN2O2. The van der Waals surface area contributed by atoms with E-state index in [1.165, 1.54) is 12.8 Å². The molecule has 1 aromatic carbocycles. The molecule has 1 heterocycles. The number of carbonyl (C=O) groups is 1. The van der Waals surface area contributed by atoms with Crippen LogP contribution in [0.25, 0.3) is 10.9 Å². The molecule has 1 fully saturated rings. The molecular weight excluding hydrogens is 344 g/mol. The summed E-state index contributed by atoms with van der Waals surface area (Å²) in [6.45, 7) is 5.63. The minimum atomic E-state index is -0.497. The third-order valence-corrected chi connectivity index (χ3v) is 4.64. The van der Waals surface area contributed by atoms with E-state index in [2.05, 4.69) is 27.1 Å². The van der Waals surface area contributed by atoms with E-state index in [1.807, 2.05) is 44.6 Å². The molecule has 1 unspecified atom stereocenters. The highest BCUT2D eigenvalue weighted by Gasteiger charge is 2.31. The average molecular weight is 365 g/mol. The molecule has 0 aliphatic heterocycles. The molecule has 2 aromatic rings. The monoisotopic (exact) mass is 364 g/mol. The Morgan fingerprint density at radius 1 is 1.41 bits per heavy atom. The van der Waals surface area contributed by atoms with Crippen LogP contribution in [0.2, 0.25) is 0 Å². The fraction of sp³-hybridized carbons (Fsp3) is 0.529. The molecule has 0 radical (unpaired) electrons. The van der Waals surface area contributed by atoms with Gasteiger partial charge in [-0.25, -0.2) is 0 Å². The van der Waals surface area contributed by atoms with Gasteiger partial charge in [0.05, 0.1) is 11.2 Å². The van der Waals surface area contributed by atoms with Crippen molar-refractivity contribution in [2.75, 3.05) is 0 Å². The first kappa shape index (κ1) is 15.5. The fourth-order valence-electron chi connectivity index (χ4n) is 2.74. The smallest absolute Gasteiger partial charge is 0.324 e. The zero-order valence-corrected chi connectivity index (χ0v) is 15.0. The van der Waals surface area contributed by atoms with Crippen molar-refractivity contribution in [1.82, 2.24) is 9.78 Å². The number of hydrogen-bond donors (Lipinski definition) is 0. The molecule has 1 atom stereocenters. The van der Waals surface area contributed by atoms with Gasteiger partial charge in [0.25, 0.3) is 0 Å². The van der Waals surface area contributed by atoms with E-state index in [0.717, 1.165) is 22.2 Å². The molecule has 0 amide bonds. The average Bonchev–Trinajstić information content (AvgIpc) is 3.21. The number of carbonyl (C=O) groups excluding carboxylic acids is 1. The summed E-state index contributed by atoms with van der Waals surface area (Å²) >= 11 is 3.51. The lowest BCUT2D eigenvalue weighted by atomic mass is 10.1. The Morgan fingerprint density at radius 2 is 2.09 bits per heavy atom. The van der Waals surface area contributed by atoms with Crippen LogP contribution in [0.1, 0.15) is 55.6 Å². The van der Waals surface area contributed by atoms with Crippen LogP contribution >= 0.6 is 15.9 Å². The lowest BCUT2D eigenvalue weighted by molar-refractivity contribution is -0.154. The van der Waals surface area contributed by atoms with Crippen LogP contribution in [0.4, 0.5) is 0 Å². The van der Waals surface area contributed by atoms with Gasteiger partial charge in [-0.2, -0.15) is 5.10 Å². The van der Waals surface area contributed by atoms with Crippen LogP contribution in [0, 0.1) is 0 Å². The van der Waals surface area contributed by atoms with Crippen molar-refractivity contribution in [3.63, 3.8) is 0 Å². The van der Waals surface area contributed by atoms with Gasteiger partial charge in [-0.15, -0.1) is 0 Å². The topological polar surface area (TPSA) is 44.1 Å². The minimum absolute atomic E-state index is 0.269. The summed E-state index contributed by atoms with van der Waals surface area (Å²) in [5.74, 6) is 0.309. The Morgan fingerprint density at radius 3 is 2.68 bits per heavy atom. The quantitative estimate of drug-likeness (QED) is 0.604. The molecule has 118 valence electrons. The largest absolute Gasteiger partial charge is 0.459 e. The zero-order valence-electron chi connectivity index (χ0n) is 13.4. The number of ether oxygens (including phenoxy) is 1. The summed E-state index contributed by atoms with van der Waals surface area (Å²) in [4.78, 5) is 11.9. The highest BCUT2D eigenvalue weighted by atomic mass is 79.9. The van der Waals surface area contributed by atoms with Gasteiger partial charge in [0.15, 0.2) is 0 Å². The molecule has 1 aromatic heterocycles. The number of esters is 1. The summed E-state index contributed by atoms with van der Waals surface area (Å²) in [6, 6.07) is 6.04. The highest BCUT2D eigenvalue weighted by Crippen LogP contribution is 2.43. The molecule has 1 aliphatic rings. The van der Waals surface area contributed by atoms with Crippen LogP contribution in [-0.2, 0) is 16.6 Å². The van der Waals surface area contributed by atoms with Gasteiger partial charge in [-0.3, -0.25) is 9.48 Å². The van der Waals surface area contributed by atoms with Gasteiger partial charge in [-0.05, 0) is 33.6 Å². The SMILES string of the molecule is Cn1nc(C2CC2)c2cccc(C(Br)C(=O)OC(C)(C)C)c21. The van der Waals surface area contributed by atoms with Crippen LogP contribution < -0.4 is 0 Å². The van der Waals surface area contributed by atoms with E-state index in [4.69, 9.17) is 4.74 Å². The number of rotatable bonds is 3. The summed E-state index contributed by atoms with van der Waals surface area (Å²) < 4.78 is 7.38. The van der Waals surface area contributed by atoms with Crippen molar-refractivity contribution < 1.29 is 9.53 Å². The van der Waals surface area contributed by atoms with E-state index in [0.29, 0.717) is 5.92 Å². The summed E-state index contributed by atoms with van der Waals surface area (Å²) in [5, 5.41) is 5.82. The van der Waals surface area contributed by atoms with Crippen molar-refractivity contribution in [1.29, 1.82) is 0 Å². The Labute approximate surface area is 139 Å². The van der Waals surface area contributed by atoms with Crippen LogP contribution in [-0.4, -0.2) is 21.4 Å². The Kier molecular flexibility index (Phi) is 3.79. The molecule has 5 heteroatoms.